The minimum atomic E-state index is -0.132. The summed E-state index contributed by atoms with van der Waals surface area (Å²) in [5.74, 6) is 0.188. The Labute approximate surface area is 145 Å². The van der Waals surface area contributed by atoms with E-state index in [1.165, 1.54) is 31.4 Å². The fraction of sp³-hybridized carbons (Fsp3) is 0.500. The van der Waals surface area contributed by atoms with Crippen molar-refractivity contribution in [3.8, 4) is 0 Å². The topological polar surface area (TPSA) is 58.2 Å². The number of nitrogens with one attached hydrogen (secondary N) is 2. The summed E-state index contributed by atoms with van der Waals surface area (Å²) < 4.78 is 0. The van der Waals surface area contributed by atoms with Crippen LogP contribution in [0.25, 0.3) is 0 Å². The molecule has 4 nitrogen and oxygen atoms in total. The monoisotopic (exact) mass is 330 g/mol. The van der Waals surface area contributed by atoms with Gasteiger partial charge in [-0.2, -0.15) is 0 Å². The maximum absolute atomic E-state index is 12.1. The quantitative estimate of drug-likeness (QED) is 0.529. The highest BCUT2D eigenvalue weighted by atomic mass is 16.2. The van der Waals surface area contributed by atoms with Crippen LogP contribution in [-0.2, 0) is 9.59 Å². The van der Waals surface area contributed by atoms with Crippen molar-refractivity contribution in [2.75, 3.05) is 6.54 Å². The Balaban J connectivity index is 2.60. The molecule has 0 aromatic heterocycles. The highest BCUT2D eigenvalue weighted by molar-refractivity contribution is 5.89. The zero-order chi connectivity index (χ0) is 17.6. The molecule has 0 aromatic rings. The first-order valence-corrected chi connectivity index (χ1v) is 8.84. The molecule has 24 heavy (non-hydrogen) atoms. The highest BCUT2D eigenvalue weighted by Gasteiger charge is 2.24. The van der Waals surface area contributed by atoms with Crippen molar-refractivity contribution in [1.29, 1.82) is 0 Å². The first-order chi connectivity index (χ1) is 11.7. The number of amides is 2. The van der Waals surface area contributed by atoms with Gasteiger partial charge in [0.15, 0.2) is 0 Å². The Morgan fingerprint density at radius 1 is 0.917 bits per heavy atom. The molecule has 1 unspecified atom stereocenters. The largest absolute Gasteiger partial charge is 0.350 e. The predicted molar refractivity (Wildman–Crippen MR) is 99.4 cm³/mol. The van der Waals surface area contributed by atoms with Crippen LogP contribution in [0.4, 0.5) is 0 Å². The van der Waals surface area contributed by atoms with Gasteiger partial charge in [-0.1, -0.05) is 55.7 Å². The molecule has 0 spiro atoms. The molecule has 0 aliphatic heterocycles. The molecular weight excluding hydrogens is 300 g/mol. The zero-order valence-corrected chi connectivity index (χ0v) is 14.8. The van der Waals surface area contributed by atoms with E-state index in [9.17, 15) is 9.59 Å². The van der Waals surface area contributed by atoms with Crippen LogP contribution >= 0.6 is 0 Å². The Bertz CT molecular complexity index is 498. The van der Waals surface area contributed by atoms with E-state index < -0.39 is 0 Å². The molecule has 4 heteroatoms. The summed E-state index contributed by atoms with van der Waals surface area (Å²) in [6.45, 7) is 4.27. The molecule has 1 aliphatic carbocycles. The smallest absolute Gasteiger partial charge is 0.244 e. The summed E-state index contributed by atoms with van der Waals surface area (Å²) in [5, 5.41) is 5.95. The predicted octanol–water partition coefficient (Wildman–Crippen LogP) is 3.43. The van der Waals surface area contributed by atoms with Crippen molar-refractivity contribution in [2.45, 2.75) is 52.0 Å². The summed E-state index contributed by atoms with van der Waals surface area (Å²) in [4.78, 5) is 23.9. The summed E-state index contributed by atoms with van der Waals surface area (Å²) in [6, 6.07) is -0.0212. The first-order valence-electron chi connectivity index (χ1n) is 8.84. The summed E-state index contributed by atoms with van der Waals surface area (Å²) >= 11 is 0. The van der Waals surface area contributed by atoms with Crippen LogP contribution in [0.15, 0.2) is 48.6 Å². The molecule has 2 N–H and O–H groups in total. The fourth-order valence-electron chi connectivity index (χ4n) is 2.88. The van der Waals surface area contributed by atoms with Crippen molar-refractivity contribution in [3.63, 3.8) is 0 Å². The first kappa shape index (κ1) is 19.9. The number of hydrogen-bond acceptors (Lipinski definition) is 2. The van der Waals surface area contributed by atoms with E-state index in [0.29, 0.717) is 12.5 Å². The van der Waals surface area contributed by atoms with E-state index >= 15 is 0 Å². The summed E-state index contributed by atoms with van der Waals surface area (Å²) in [7, 11) is 0. The number of carbonyl (C=O) groups excluding carboxylic acids is 2. The second-order valence-corrected chi connectivity index (χ2v) is 6.03. The average Bonchev–Trinajstić information content (AvgIpc) is 2.60. The number of hydrogen-bond donors (Lipinski definition) is 2. The molecule has 1 aliphatic rings. The van der Waals surface area contributed by atoms with Gasteiger partial charge in [-0.05, 0) is 32.6 Å². The van der Waals surface area contributed by atoms with Crippen LogP contribution in [0.3, 0.4) is 0 Å². The molecule has 1 saturated carbocycles. The molecule has 0 saturated heterocycles. The Hall–Kier alpha value is -2.10. The second kappa shape index (κ2) is 12.3. The third-order valence-corrected chi connectivity index (χ3v) is 4.15. The van der Waals surface area contributed by atoms with Gasteiger partial charge in [-0.15, -0.1) is 0 Å². The minimum absolute atomic E-state index is 0.0212. The van der Waals surface area contributed by atoms with Crippen LogP contribution < -0.4 is 10.6 Å². The molecule has 1 atom stereocenters. The van der Waals surface area contributed by atoms with E-state index in [1.807, 2.05) is 38.2 Å². The van der Waals surface area contributed by atoms with E-state index in [4.69, 9.17) is 0 Å². The van der Waals surface area contributed by atoms with Gasteiger partial charge in [-0.3, -0.25) is 9.59 Å². The molecule has 2 amide bonds. The van der Waals surface area contributed by atoms with Gasteiger partial charge >= 0.3 is 0 Å². The fourth-order valence-corrected chi connectivity index (χ4v) is 2.88. The maximum Gasteiger partial charge on any atom is 0.244 e. The van der Waals surface area contributed by atoms with Crippen LogP contribution in [0.2, 0.25) is 0 Å². The van der Waals surface area contributed by atoms with Gasteiger partial charge in [0.1, 0.15) is 0 Å². The van der Waals surface area contributed by atoms with Crippen LogP contribution in [0.5, 0.6) is 0 Å². The Kier molecular flexibility index (Phi) is 10.3. The summed E-state index contributed by atoms with van der Waals surface area (Å²) in [5.41, 5.74) is 0. The third-order valence-electron chi connectivity index (χ3n) is 4.15. The maximum atomic E-state index is 12.1. The van der Waals surface area contributed by atoms with E-state index in [1.54, 1.807) is 12.2 Å². The van der Waals surface area contributed by atoms with Crippen LogP contribution in [-0.4, -0.2) is 24.4 Å². The van der Waals surface area contributed by atoms with E-state index in [2.05, 4.69) is 10.6 Å². The molecule has 0 aromatic carbocycles. The van der Waals surface area contributed by atoms with Crippen LogP contribution in [0, 0.1) is 5.92 Å². The van der Waals surface area contributed by atoms with Gasteiger partial charge < -0.3 is 10.6 Å². The summed E-state index contributed by atoms with van der Waals surface area (Å²) in [6.07, 6.45) is 19.7. The third kappa shape index (κ3) is 8.51. The molecular formula is C20H30N2O2. The molecule has 1 rings (SSSR count). The van der Waals surface area contributed by atoms with E-state index in [-0.39, 0.29) is 17.9 Å². The van der Waals surface area contributed by atoms with Crippen molar-refractivity contribution in [3.05, 3.63) is 48.6 Å². The lowest BCUT2D eigenvalue weighted by molar-refractivity contribution is -0.119. The Morgan fingerprint density at radius 2 is 1.50 bits per heavy atom. The Morgan fingerprint density at radius 3 is 2.08 bits per heavy atom. The molecule has 0 heterocycles. The number of carbonyl (C=O) groups is 2. The standard InChI is InChI=1S/C20H30N2O2/c1-3-5-8-14-19(23)21-16-18(17-12-10-7-11-13-17)22-20(24)15-9-6-4-2/h3-6,8-9,14-15,17-18H,7,10-13,16H2,1-2H3,(H,21,23)(H,22,24)/b5-3+,6-4+,14-8+,15-9+. The number of rotatable bonds is 8. The van der Waals surface area contributed by atoms with Crippen molar-refractivity contribution in [2.24, 2.45) is 5.92 Å². The lowest BCUT2D eigenvalue weighted by Gasteiger charge is -2.30. The lowest BCUT2D eigenvalue weighted by atomic mass is 9.83. The number of allylic oxidation sites excluding steroid dienone is 6. The molecule has 0 bridgehead atoms. The van der Waals surface area contributed by atoms with Gasteiger partial charge in [0, 0.05) is 24.7 Å². The average molecular weight is 330 g/mol. The highest BCUT2D eigenvalue weighted by Crippen LogP contribution is 2.26. The van der Waals surface area contributed by atoms with Crippen LogP contribution in [0.1, 0.15) is 46.0 Å². The normalized spacial score (nSPS) is 17.9. The second-order valence-electron chi connectivity index (χ2n) is 6.03. The van der Waals surface area contributed by atoms with Crippen molar-refractivity contribution < 1.29 is 9.59 Å². The molecule has 0 radical (unpaired) electrons. The molecule has 1 fully saturated rings. The molecule has 132 valence electrons. The van der Waals surface area contributed by atoms with Crippen molar-refractivity contribution >= 4 is 11.8 Å². The minimum Gasteiger partial charge on any atom is -0.350 e. The van der Waals surface area contributed by atoms with Crippen molar-refractivity contribution in [1.82, 2.24) is 10.6 Å². The van der Waals surface area contributed by atoms with Gasteiger partial charge in [-0.25, -0.2) is 0 Å². The SMILES string of the molecule is C/C=C/C=C/C(=O)NCC(NC(=O)/C=C/C=C/C)C1CCCCC1. The van der Waals surface area contributed by atoms with Gasteiger partial charge in [0.2, 0.25) is 11.8 Å². The lowest BCUT2D eigenvalue weighted by Crippen LogP contribution is -2.47. The van der Waals surface area contributed by atoms with E-state index in [0.717, 1.165) is 12.8 Å². The van der Waals surface area contributed by atoms with Gasteiger partial charge in [0.05, 0.1) is 0 Å². The van der Waals surface area contributed by atoms with Gasteiger partial charge in [0.25, 0.3) is 0 Å². The zero-order valence-electron chi connectivity index (χ0n) is 14.8.